The molecule has 2 aromatic rings. The molecule has 0 unspecified atom stereocenters. The summed E-state index contributed by atoms with van der Waals surface area (Å²) in [4.78, 5) is 14.2. The number of ether oxygens (including phenoxy) is 1. The first-order valence-electron chi connectivity index (χ1n) is 9.08. The fourth-order valence-corrected chi connectivity index (χ4v) is 3.93. The largest absolute Gasteiger partial charge is 0.457 e. The molecule has 4 rings (SSSR count). The van der Waals surface area contributed by atoms with Gasteiger partial charge in [0.15, 0.2) is 0 Å². The molecule has 2 aliphatic heterocycles. The second kappa shape index (κ2) is 7.92. The first-order valence-corrected chi connectivity index (χ1v) is 10.7. The van der Waals surface area contributed by atoms with Crippen LogP contribution in [-0.4, -0.2) is 37.4 Å². The number of para-hydroxylation sites is 1. The summed E-state index contributed by atoms with van der Waals surface area (Å²) in [7, 11) is -3.41. The summed E-state index contributed by atoms with van der Waals surface area (Å²) in [5, 5.41) is 2.87. The lowest BCUT2D eigenvalue weighted by molar-refractivity contribution is -0.117. The molecule has 7 nitrogen and oxygen atoms in total. The molecular formula is C21H19N3O4S. The predicted octanol–water partition coefficient (Wildman–Crippen LogP) is 2.59. The Bertz CT molecular complexity index is 1120. The second-order valence-corrected chi connectivity index (χ2v) is 8.35. The zero-order valence-electron chi connectivity index (χ0n) is 15.5. The van der Waals surface area contributed by atoms with E-state index in [9.17, 15) is 13.2 Å². The maximum absolute atomic E-state index is 12.5. The van der Waals surface area contributed by atoms with Crippen molar-refractivity contribution >= 4 is 21.8 Å². The molecule has 2 heterocycles. The SMILES string of the molecule is O=C(NCc1cccc(Oc2ccccc2)c1)C1=CN2CCS(=O)(=O)N=C2C=C1. The van der Waals surface area contributed by atoms with Crippen molar-refractivity contribution < 1.29 is 17.9 Å². The van der Waals surface area contributed by atoms with Crippen LogP contribution in [0.4, 0.5) is 0 Å². The van der Waals surface area contributed by atoms with Crippen LogP contribution in [0, 0.1) is 0 Å². The monoisotopic (exact) mass is 409 g/mol. The van der Waals surface area contributed by atoms with Gasteiger partial charge in [-0.25, -0.2) is 8.42 Å². The van der Waals surface area contributed by atoms with Gasteiger partial charge in [-0.2, -0.15) is 0 Å². The minimum absolute atomic E-state index is 0.0655. The number of hydrogen-bond acceptors (Lipinski definition) is 5. The molecule has 0 radical (unpaired) electrons. The Morgan fingerprint density at radius 1 is 1.07 bits per heavy atom. The molecule has 0 aromatic heterocycles. The quantitative estimate of drug-likeness (QED) is 0.820. The Labute approximate surface area is 169 Å². The van der Waals surface area contributed by atoms with E-state index >= 15 is 0 Å². The molecule has 1 amide bonds. The van der Waals surface area contributed by atoms with Gasteiger partial charge in [-0.05, 0) is 42.0 Å². The average Bonchev–Trinajstić information content (AvgIpc) is 2.72. The molecule has 2 aliphatic rings. The van der Waals surface area contributed by atoms with Crippen LogP contribution < -0.4 is 10.1 Å². The maximum atomic E-state index is 12.5. The number of amides is 1. The molecular weight excluding hydrogens is 390 g/mol. The van der Waals surface area contributed by atoms with E-state index in [4.69, 9.17) is 4.74 Å². The number of nitrogens with zero attached hydrogens (tertiary/aromatic N) is 2. The maximum Gasteiger partial charge on any atom is 0.256 e. The van der Waals surface area contributed by atoms with Crippen molar-refractivity contribution in [2.75, 3.05) is 12.3 Å². The van der Waals surface area contributed by atoms with Gasteiger partial charge in [0, 0.05) is 19.3 Å². The van der Waals surface area contributed by atoms with Gasteiger partial charge in [-0.15, -0.1) is 4.40 Å². The number of hydrogen-bond donors (Lipinski definition) is 1. The van der Waals surface area contributed by atoms with E-state index in [1.165, 1.54) is 0 Å². The van der Waals surface area contributed by atoms with Crippen molar-refractivity contribution in [3.05, 3.63) is 84.1 Å². The van der Waals surface area contributed by atoms with E-state index in [2.05, 4.69) is 9.71 Å². The zero-order valence-corrected chi connectivity index (χ0v) is 16.3. The summed E-state index contributed by atoms with van der Waals surface area (Å²) in [6.45, 7) is 0.618. The second-order valence-electron chi connectivity index (χ2n) is 6.59. The number of fused-ring (bicyclic) bond motifs is 1. The number of carbonyl (C=O) groups is 1. The highest BCUT2D eigenvalue weighted by Gasteiger charge is 2.24. The molecule has 0 fully saturated rings. The van der Waals surface area contributed by atoms with Crippen molar-refractivity contribution in [3.63, 3.8) is 0 Å². The number of rotatable bonds is 5. The third-order valence-electron chi connectivity index (χ3n) is 4.42. The zero-order chi connectivity index (χ0) is 20.3. The molecule has 8 heteroatoms. The molecule has 0 saturated carbocycles. The molecule has 0 saturated heterocycles. The summed E-state index contributed by atoms with van der Waals surface area (Å²) < 4.78 is 32.6. The fraction of sp³-hybridized carbons (Fsp3) is 0.143. The Hall–Kier alpha value is -3.39. The van der Waals surface area contributed by atoms with Gasteiger partial charge in [-0.1, -0.05) is 30.3 Å². The van der Waals surface area contributed by atoms with Crippen molar-refractivity contribution in [2.24, 2.45) is 4.40 Å². The van der Waals surface area contributed by atoms with E-state index in [0.717, 1.165) is 11.3 Å². The smallest absolute Gasteiger partial charge is 0.256 e. The molecule has 2 aromatic carbocycles. The average molecular weight is 409 g/mol. The number of amidine groups is 1. The van der Waals surface area contributed by atoms with Crippen LogP contribution in [-0.2, 0) is 21.4 Å². The predicted molar refractivity (Wildman–Crippen MR) is 110 cm³/mol. The summed E-state index contributed by atoms with van der Waals surface area (Å²) in [5.74, 6) is 1.45. The summed E-state index contributed by atoms with van der Waals surface area (Å²) in [6, 6.07) is 17.0. The Balaban J connectivity index is 1.39. The summed E-state index contributed by atoms with van der Waals surface area (Å²) in [6.07, 6.45) is 4.73. The lowest BCUT2D eigenvalue weighted by Crippen LogP contribution is -2.38. The highest BCUT2D eigenvalue weighted by Crippen LogP contribution is 2.22. The van der Waals surface area contributed by atoms with E-state index in [1.54, 1.807) is 23.3 Å². The summed E-state index contributed by atoms with van der Waals surface area (Å²) in [5.41, 5.74) is 1.35. The standard InChI is InChI=1S/C21H19N3O4S/c25-21(17-9-10-20-23-29(26,27)12-11-24(20)15-17)22-14-16-5-4-8-19(13-16)28-18-6-2-1-3-7-18/h1-10,13,15H,11-12,14H2,(H,22,25). The van der Waals surface area contributed by atoms with E-state index in [1.807, 2.05) is 54.6 Å². The van der Waals surface area contributed by atoms with Crippen molar-refractivity contribution in [1.82, 2.24) is 10.2 Å². The van der Waals surface area contributed by atoms with Crippen LogP contribution in [0.2, 0.25) is 0 Å². The minimum Gasteiger partial charge on any atom is -0.457 e. The van der Waals surface area contributed by atoms with E-state index in [-0.39, 0.29) is 18.2 Å². The minimum atomic E-state index is -3.41. The van der Waals surface area contributed by atoms with E-state index in [0.29, 0.717) is 23.7 Å². The molecule has 1 N–H and O–H groups in total. The normalized spacial score (nSPS) is 17.0. The van der Waals surface area contributed by atoms with Crippen molar-refractivity contribution in [2.45, 2.75) is 6.54 Å². The first-order chi connectivity index (χ1) is 14.0. The van der Waals surface area contributed by atoms with Crippen LogP contribution in [0.15, 0.2) is 82.9 Å². The van der Waals surface area contributed by atoms with Crippen molar-refractivity contribution in [3.8, 4) is 11.5 Å². The Morgan fingerprint density at radius 3 is 2.69 bits per heavy atom. The number of benzene rings is 2. The Kier molecular flexibility index (Phi) is 5.18. The highest BCUT2D eigenvalue weighted by atomic mass is 32.2. The van der Waals surface area contributed by atoms with Crippen LogP contribution >= 0.6 is 0 Å². The van der Waals surface area contributed by atoms with Gasteiger partial charge >= 0.3 is 0 Å². The topological polar surface area (TPSA) is 88.1 Å². The van der Waals surface area contributed by atoms with Gasteiger partial charge in [0.2, 0.25) is 0 Å². The highest BCUT2D eigenvalue weighted by molar-refractivity contribution is 7.90. The van der Waals surface area contributed by atoms with Gasteiger partial charge in [-0.3, -0.25) is 4.79 Å². The van der Waals surface area contributed by atoms with Crippen LogP contribution in [0.1, 0.15) is 5.56 Å². The molecule has 0 aliphatic carbocycles. The molecule has 29 heavy (non-hydrogen) atoms. The lowest BCUT2D eigenvalue weighted by Gasteiger charge is -2.26. The van der Waals surface area contributed by atoms with Gasteiger partial charge in [0.25, 0.3) is 15.9 Å². The van der Waals surface area contributed by atoms with Crippen molar-refractivity contribution in [1.29, 1.82) is 0 Å². The summed E-state index contributed by atoms with van der Waals surface area (Å²) >= 11 is 0. The molecule has 0 spiro atoms. The van der Waals surface area contributed by atoms with Crippen LogP contribution in [0.25, 0.3) is 0 Å². The van der Waals surface area contributed by atoms with E-state index < -0.39 is 10.0 Å². The Morgan fingerprint density at radius 2 is 1.86 bits per heavy atom. The molecule has 0 atom stereocenters. The lowest BCUT2D eigenvalue weighted by atomic mass is 10.1. The fourth-order valence-electron chi connectivity index (χ4n) is 2.96. The number of carbonyl (C=O) groups excluding carboxylic acids is 1. The third kappa shape index (κ3) is 4.72. The van der Waals surface area contributed by atoms with Gasteiger partial charge < -0.3 is 15.0 Å². The first kappa shape index (κ1) is 18.9. The number of nitrogens with one attached hydrogen (secondary N) is 1. The molecule has 0 bridgehead atoms. The number of sulfonamides is 1. The van der Waals surface area contributed by atoms with Gasteiger partial charge in [0.05, 0.1) is 11.3 Å². The third-order valence-corrected chi connectivity index (χ3v) is 5.58. The van der Waals surface area contributed by atoms with Crippen LogP contribution in [0.3, 0.4) is 0 Å². The molecule has 148 valence electrons. The van der Waals surface area contributed by atoms with Gasteiger partial charge in [0.1, 0.15) is 17.3 Å². The van der Waals surface area contributed by atoms with Crippen LogP contribution in [0.5, 0.6) is 11.5 Å².